The minimum Gasteiger partial charge on any atom is -0.379 e. The van der Waals surface area contributed by atoms with Gasteiger partial charge in [-0.05, 0) is 43.3 Å². The lowest BCUT2D eigenvalue weighted by Gasteiger charge is -2.13. The van der Waals surface area contributed by atoms with Crippen LogP contribution in [0.1, 0.15) is 12.6 Å². The summed E-state index contributed by atoms with van der Waals surface area (Å²) in [6.45, 7) is 5.02. The Hall–Kier alpha value is -1.72. The van der Waals surface area contributed by atoms with Gasteiger partial charge >= 0.3 is 0 Å². The van der Waals surface area contributed by atoms with Crippen LogP contribution >= 0.6 is 27.7 Å². The van der Waals surface area contributed by atoms with E-state index in [0.717, 1.165) is 33.7 Å². The molecule has 0 aliphatic heterocycles. The van der Waals surface area contributed by atoms with Crippen molar-refractivity contribution >= 4 is 33.4 Å². The van der Waals surface area contributed by atoms with Gasteiger partial charge in [0.1, 0.15) is 11.4 Å². The molecule has 0 amide bonds. The molecule has 3 aromatic rings. The molecule has 0 aliphatic carbocycles. The molecule has 24 heavy (non-hydrogen) atoms. The minimum atomic E-state index is 0.430. The van der Waals surface area contributed by atoms with Crippen LogP contribution in [0.15, 0.2) is 68.5 Å². The van der Waals surface area contributed by atoms with Gasteiger partial charge in [0.15, 0.2) is 5.76 Å². The first kappa shape index (κ1) is 17.1. The molecule has 1 N–H and O–H groups in total. The van der Waals surface area contributed by atoms with Gasteiger partial charge in [-0.25, -0.2) is 0 Å². The summed E-state index contributed by atoms with van der Waals surface area (Å²) in [5.74, 6) is 0.789. The first-order valence-corrected chi connectivity index (χ1v) is 9.48. The van der Waals surface area contributed by atoms with Gasteiger partial charge in [0, 0.05) is 26.7 Å². The Kier molecular flexibility index (Phi) is 5.63. The van der Waals surface area contributed by atoms with Crippen LogP contribution in [-0.2, 0) is 0 Å². The number of anilines is 1. The van der Waals surface area contributed by atoms with E-state index in [-0.39, 0.29) is 0 Å². The highest BCUT2D eigenvalue weighted by Crippen LogP contribution is 2.32. The zero-order valence-electron chi connectivity index (χ0n) is 13.6. The highest BCUT2D eigenvalue weighted by Gasteiger charge is 2.16. The molecule has 1 aromatic heterocycles. The Morgan fingerprint density at radius 2 is 1.83 bits per heavy atom. The van der Waals surface area contributed by atoms with Gasteiger partial charge in [0.05, 0.1) is 0 Å². The fourth-order valence-corrected chi connectivity index (χ4v) is 3.60. The van der Waals surface area contributed by atoms with Crippen LogP contribution in [0.5, 0.6) is 0 Å². The second-order valence-corrected chi connectivity index (χ2v) is 8.03. The van der Waals surface area contributed by atoms with Crippen LogP contribution in [0.3, 0.4) is 0 Å². The fourth-order valence-electron chi connectivity index (χ4n) is 2.40. The van der Waals surface area contributed by atoms with Gasteiger partial charge < -0.3 is 9.84 Å². The smallest absolute Gasteiger partial charge is 0.190 e. The third-order valence-electron chi connectivity index (χ3n) is 3.62. The molecular weight excluding hydrogens is 384 g/mol. The van der Waals surface area contributed by atoms with Crippen molar-refractivity contribution in [3.05, 3.63) is 64.8 Å². The number of rotatable bonds is 6. The Morgan fingerprint density at radius 1 is 1.12 bits per heavy atom. The predicted molar refractivity (Wildman–Crippen MR) is 105 cm³/mol. The first-order chi connectivity index (χ1) is 11.6. The van der Waals surface area contributed by atoms with E-state index in [1.165, 1.54) is 4.90 Å². The highest BCUT2D eigenvalue weighted by atomic mass is 79.9. The molecule has 1 atom stereocenters. The van der Waals surface area contributed by atoms with E-state index in [1.807, 2.05) is 49.0 Å². The molecule has 0 saturated heterocycles. The van der Waals surface area contributed by atoms with Crippen LogP contribution < -0.4 is 5.32 Å². The summed E-state index contributed by atoms with van der Waals surface area (Å²) in [7, 11) is 0. The number of hydrogen-bond donors (Lipinski definition) is 1. The lowest BCUT2D eigenvalue weighted by Crippen LogP contribution is -2.13. The lowest BCUT2D eigenvalue weighted by molar-refractivity contribution is 0.427. The standard InChI is InChI=1S/C19H19BrN2OS/c1-13(24-17-6-4-3-5-7-17)12-21-18-14(2)22-23-19(18)15-8-10-16(20)11-9-15/h3-11,13,21H,12H2,1-2H3. The Morgan fingerprint density at radius 3 is 2.54 bits per heavy atom. The molecule has 0 saturated carbocycles. The molecule has 3 rings (SSSR count). The average molecular weight is 403 g/mol. The number of aromatic nitrogens is 1. The molecule has 0 radical (unpaired) electrons. The van der Waals surface area contributed by atoms with Crippen molar-refractivity contribution < 1.29 is 4.52 Å². The van der Waals surface area contributed by atoms with Crippen LogP contribution in [0, 0.1) is 6.92 Å². The quantitative estimate of drug-likeness (QED) is 0.512. The molecule has 0 aliphatic rings. The minimum absolute atomic E-state index is 0.430. The van der Waals surface area contributed by atoms with Gasteiger partial charge in [-0.15, -0.1) is 11.8 Å². The maximum absolute atomic E-state index is 5.54. The van der Waals surface area contributed by atoms with E-state index < -0.39 is 0 Å². The maximum Gasteiger partial charge on any atom is 0.190 e. The first-order valence-electron chi connectivity index (χ1n) is 7.81. The molecule has 0 bridgehead atoms. The van der Waals surface area contributed by atoms with Crippen molar-refractivity contribution in [3.8, 4) is 11.3 Å². The molecular formula is C19H19BrN2OS. The molecule has 2 aromatic carbocycles. The zero-order chi connectivity index (χ0) is 16.9. The van der Waals surface area contributed by atoms with E-state index >= 15 is 0 Å². The van der Waals surface area contributed by atoms with Crippen molar-refractivity contribution in [3.63, 3.8) is 0 Å². The average Bonchev–Trinajstić information content (AvgIpc) is 2.95. The van der Waals surface area contributed by atoms with Gasteiger partial charge in [-0.2, -0.15) is 0 Å². The molecule has 5 heteroatoms. The van der Waals surface area contributed by atoms with Crippen LogP contribution in [0.4, 0.5) is 5.69 Å². The van der Waals surface area contributed by atoms with Gasteiger partial charge in [0.25, 0.3) is 0 Å². The summed E-state index contributed by atoms with van der Waals surface area (Å²) in [6.07, 6.45) is 0. The topological polar surface area (TPSA) is 38.1 Å². The number of halogens is 1. The summed E-state index contributed by atoms with van der Waals surface area (Å²) < 4.78 is 6.58. The predicted octanol–water partition coefficient (Wildman–Crippen LogP) is 6.01. The fraction of sp³-hybridized carbons (Fsp3) is 0.211. The van der Waals surface area contributed by atoms with Gasteiger partial charge in [0.2, 0.25) is 0 Å². The van der Waals surface area contributed by atoms with E-state index in [9.17, 15) is 0 Å². The van der Waals surface area contributed by atoms with E-state index in [0.29, 0.717) is 5.25 Å². The second kappa shape index (κ2) is 7.90. The Bertz CT molecular complexity index is 787. The van der Waals surface area contributed by atoms with Crippen molar-refractivity contribution in [2.45, 2.75) is 24.0 Å². The van der Waals surface area contributed by atoms with Crippen molar-refractivity contribution in [1.82, 2.24) is 5.16 Å². The molecule has 3 nitrogen and oxygen atoms in total. The highest BCUT2D eigenvalue weighted by molar-refractivity contribution is 9.10. The molecule has 1 heterocycles. The number of hydrogen-bond acceptors (Lipinski definition) is 4. The lowest BCUT2D eigenvalue weighted by atomic mass is 10.1. The number of aryl methyl sites for hydroxylation is 1. The van der Waals surface area contributed by atoms with Crippen molar-refractivity contribution in [2.24, 2.45) is 0 Å². The van der Waals surface area contributed by atoms with Gasteiger partial charge in [-0.1, -0.05) is 46.2 Å². The summed E-state index contributed by atoms with van der Waals surface area (Å²) in [4.78, 5) is 1.28. The van der Waals surface area contributed by atoms with Gasteiger partial charge in [-0.3, -0.25) is 0 Å². The monoisotopic (exact) mass is 402 g/mol. The summed E-state index contributed by atoms with van der Waals surface area (Å²) in [5, 5.41) is 8.06. The second-order valence-electron chi connectivity index (χ2n) is 5.60. The van der Waals surface area contributed by atoms with E-state index in [4.69, 9.17) is 4.52 Å². The summed E-state index contributed by atoms with van der Waals surface area (Å²) in [6, 6.07) is 18.5. The number of nitrogens with one attached hydrogen (secondary N) is 1. The molecule has 124 valence electrons. The molecule has 1 unspecified atom stereocenters. The third-order valence-corrected chi connectivity index (χ3v) is 5.26. The SMILES string of the molecule is Cc1noc(-c2ccc(Br)cc2)c1NCC(C)Sc1ccccc1. The summed E-state index contributed by atoms with van der Waals surface area (Å²) >= 11 is 5.31. The maximum atomic E-state index is 5.54. The number of thioether (sulfide) groups is 1. The summed E-state index contributed by atoms with van der Waals surface area (Å²) in [5.41, 5.74) is 2.87. The Balaban J connectivity index is 1.69. The largest absolute Gasteiger partial charge is 0.379 e. The zero-order valence-corrected chi connectivity index (χ0v) is 16.0. The number of nitrogens with zero attached hydrogens (tertiary/aromatic N) is 1. The van der Waals surface area contributed by atoms with Crippen molar-refractivity contribution in [2.75, 3.05) is 11.9 Å². The molecule has 0 fully saturated rings. The Labute approximate surface area is 155 Å². The van der Waals surface area contributed by atoms with Crippen LogP contribution in [0.2, 0.25) is 0 Å². The normalized spacial score (nSPS) is 12.1. The third kappa shape index (κ3) is 4.22. The van der Waals surface area contributed by atoms with E-state index in [2.05, 4.69) is 57.6 Å². The van der Waals surface area contributed by atoms with E-state index in [1.54, 1.807) is 0 Å². The van der Waals surface area contributed by atoms with Crippen molar-refractivity contribution in [1.29, 1.82) is 0 Å². The van der Waals surface area contributed by atoms with Crippen LogP contribution in [-0.4, -0.2) is 17.0 Å². The van der Waals surface area contributed by atoms with Crippen LogP contribution in [0.25, 0.3) is 11.3 Å². The molecule has 0 spiro atoms. The number of benzene rings is 2.